The van der Waals surface area contributed by atoms with Crippen molar-refractivity contribution in [2.45, 2.75) is 69.9 Å². The van der Waals surface area contributed by atoms with E-state index in [0.717, 1.165) is 25.7 Å². The number of aryl methyl sites for hydroxylation is 2. The zero-order chi connectivity index (χ0) is 21.9. The van der Waals surface area contributed by atoms with Gasteiger partial charge in [-0.05, 0) is 33.6 Å². The number of urea groups is 1. The fraction of sp³-hybridized carbons (Fsp3) is 0.737. The Balaban J connectivity index is 1.51. The van der Waals surface area contributed by atoms with E-state index in [4.69, 9.17) is 4.52 Å². The number of rotatable bonds is 5. The topological polar surface area (TPSA) is 125 Å². The summed E-state index contributed by atoms with van der Waals surface area (Å²) < 4.78 is 32.6. The highest BCUT2D eigenvalue weighted by Crippen LogP contribution is 2.20. The standard InChI is InChI=1S/C19H31N5O5S/c1-13-17(15(3)29-21-13)30(27,28)22-14(2)18(25)23-9-11-24(12-10-23)19(26)20-16-7-5-4-6-8-16/h14,16,22H,4-12H2,1-3H3,(H,20,26)/t14-/m0/s1. The first kappa shape index (κ1) is 22.5. The highest BCUT2D eigenvalue weighted by atomic mass is 32.2. The minimum Gasteiger partial charge on any atom is -0.360 e. The lowest BCUT2D eigenvalue weighted by atomic mass is 9.96. The quantitative estimate of drug-likeness (QED) is 0.706. The van der Waals surface area contributed by atoms with Crippen LogP contribution in [0.5, 0.6) is 0 Å². The second-order valence-corrected chi connectivity index (χ2v) is 9.74. The normalized spacial score (nSPS) is 19.6. The van der Waals surface area contributed by atoms with Crippen LogP contribution in [0.2, 0.25) is 0 Å². The molecule has 30 heavy (non-hydrogen) atoms. The van der Waals surface area contributed by atoms with Crippen molar-refractivity contribution in [3.8, 4) is 0 Å². The van der Waals surface area contributed by atoms with Gasteiger partial charge in [0.1, 0.15) is 10.6 Å². The number of sulfonamides is 1. The molecular formula is C19H31N5O5S. The number of nitrogens with one attached hydrogen (secondary N) is 2. The van der Waals surface area contributed by atoms with Gasteiger partial charge in [-0.2, -0.15) is 4.72 Å². The van der Waals surface area contributed by atoms with Crippen molar-refractivity contribution < 1.29 is 22.5 Å². The molecule has 1 aliphatic heterocycles. The molecule has 2 heterocycles. The Kier molecular flexibility index (Phi) is 7.02. The third-order valence-corrected chi connectivity index (χ3v) is 7.53. The third kappa shape index (κ3) is 5.12. The first-order valence-corrected chi connectivity index (χ1v) is 12.0. The van der Waals surface area contributed by atoms with Gasteiger partial charge < -0.3 is 19.6 Å². The molecule has 1 atom stereocenters. The summed E-state index contributed by atoms with van der Waals surface area (Å²) in [7, 11) is -3.93. The average Bonchev–Trinajstić information content (AvgIpc) is 3.07. The highest BCUT2D eigenvalue weighted by Gasteiger charge is 2.32. The highest BCUT2D eigenvalue weighted by molar-refractivity contribution is 7.89. The number of hydrogen-bond donors (Lipinski definition) is 2. The summed E-state index contributed by atoms with van der Waals surface area (Å²) in [6.45, 7) is 6.15. The van der Waals surface area contributed by atoms with Crippen LogP contribution in [0.15, 0.2) is 9.42 Å². The number of nitrogens with zero attached hydrogens (tertiary/aromatic N) is 3. The summed E-state index contributed by atoms with van der Waals surface area (Å²) in [5.41, 5.74) is 0.247. The number of aromatic nitrogens is 1. The molecule has 2 aliphatic rings. The number of piperazine rings is 1. The van der Waals surface area contributed by atoms with Gasteiger partial charge in [-0.15, -0.1) is 0 Å². The van der Waals surface area contributed by atoms with Crippen molar-refractivity contribution in [3.05, 3.63) is 11.5 Å². The van der Waals surface area contributed by atoms with Gasteiger partial charge >= 0.3 is 6.03 Å². The lowest BCUT2D eigenvalue weighted by Gasteiger charge is -2.37. The second kappa shape index (κ2) is 9.34. The van der Waals surface area contributed by atoms with Gasteiger partial charge in [0.25, 0.3) is 0 Å². The summed E-state index contributed by atoms with van der Waals surface area (Å²) in [4.78, 5) is 28.5. The molecular weight excluding hydrogens is 410 g/mol. The molecule has 11 heteroatoms. The average molecular weight is 442 g/mol. The van der Waals surface area contributed by atoms with Gasteiger partial charge in [0.15, 0.2) is 5.76 Å². The SMILES string of the molecule is Cc1noc(C)c1S(=O)(=O)N[C@@H](C)C(=O)N1CCN(C(=O)NC2CCCCC2)CC1. The van der Waals surface area contributed by atoms with E-state index in [1.165, 1.54) is 27.2 Å². The fourth-order valence-corrected chi connectivity index (χ4v) is 5.64. The Morgan fingerprint density at radius 1 is 1.07 bits per heavy atom. The predicted octanol–water partition coefficient (Wildman–Crippen LogP) is 1.14. The fourth-order valence-electron chi connectivity index (χ4n) is 4.12. The molecule has 0 unspecified atom stereocenters. The van der Waals surface area contributed by atoms with Gasteiger partial charge in [0.05, 0.1) is 6.04 Å². The van der Waals surface area contributed by atoms with Crippen molar-refractivity contribution in [1.82, 2.24) is 25.0 Å². The minimum atomic E-state index is -3.93. The predicted molar refractivity (Wildman–Crippen MR) is 109 cm³/mol. The van der Waals surface area contributed by atoms with Crippen molar-refractivity contribution in [2.24, 2.45) is 0 Å². The number of hydrogen-bond acceptors (Lipinski definition) is 6. The molecule has 0 aromatic carbocycles. The third-order valence-electron chi connectivity index (χ3n) is 5.75. The first-order valence-electron chi connectivity index (χ1n) is 10.5. The van der Waals surface area contributed by atoms with Gasteiger partial charge in [-0.3, -0.25) is 4.79 Å². The molecule has 3 rings (SSSR count). The molecule has 1 aliphatic carbocycles. The van der Waals surface area contributed by atoms with Crippen LogP contribution in [0.3, 0.4) is 0 Å². The van der Waals surface area contributed by atoms with Gasteiger partial charge in [0, 0.05) is 32.2 Å². The minimum absolute atomic E-state index is 0.0358. The first-order chi connectivity index (χ1) is 14.2. The van der Waals surface area contributed by atoms with Crippen molar-refractivity contribution in [3.63, 3.8) is 0 Å². The summed E-state index contributed by atoms with van der Waals surface area (Å²) in [6.07, 6.45) is 5.56. The molecule has 168 valence electrons. The molecule has 1 aromatic rings. The van der Waals surface area contributed by atoms with Crippen LogP contribution < -0.4 is 10.0 Å². The van der Waals surface area contributed by atoms with Gasteiger partial charge in [0.2, 0.25) is 15.9 Å². The maximum atomic E-state index is 12.7. The number of amides is 3. The van der Waals surface area contributed by atoms with E-state index in [1.807, 2.05) is 0 Å². The van der Waals surface area contributed by atoms with E-state index in [2.05, 4.69) is 15.2 Å². The van der Waals surface area contributed by atoms with Crippen LogP contribution in [-0.4, -0.2) is 73.6 Å². The van der Waals surface area contributed by atoms with Crippen molar-refractivity contribution in [1.29, 1.82) is 0 Å². The Hall–Kier alpha value is -2.14. The molecule has 1 saturated carbocycles. The Morgan fingerprint density at radius 3 is 2.23 bits per heavy atom. The van der Waals surface area contributed by atoms with Gasteiger partial charge in [-0.1, -0.05) is 24.4 Å². The molecule has 1 aromatic heterocycles. The molecule has 0 radical (unpaired) electrons. The summed E-state index contributed by atoms with van der Waals surface area (Å²) in [5.74, 6) is -0.144. The molecule has 10 nitrogen and oxygen atoms in total. The van der Waals surface area contributed by atoms with E-state index < -0.39 is 16.1 Å². The summed E-state index contributed by atoms with van der Waals surface area (Å²) in [6, 6.07) is -0.780. The van der Waals surface area contributed by atoms with Crippen molar-refractivity contribution in [2.75, 3.05) is 26.2 Å². The smallest absolute Gasteiger partial charge is 0.317 e. The molecule has 0 spiro atoms. The van der Waals surface area contributed by atoms with Gasteiger partial charge in [-0.25, -0.2) is 13.2 Å². The second-order valence-electron chi connectivity index (χ2n) is 8.09. The number of carbonyl (C=O) groups excluding carboxylic acids is 2. The number of carbonyl (C=O) groups is 2. The molecule has 0 bridgehead atoms. The van der Waals surface area contributed by atoms with E-state index in [1.54, 1.807) is 9.80 Å². The Labute approximate surface area is 177 Å². The van der Waals surface area contributed by atoms with E-state index >= 15 is 0 Å². The zero-order valence-electron chi connectivity index (χ0n) is 17.8. The van der Waals surface area contributed by atoms with Crippen LogP contribution in [0, 0.1) is 13.8 Å². The van der Waals surface area contributed by atoms with Crippen LogP contribution in [-0.2, 0) is 14.8 Å². The van der Waals surface area contributed by atoms with E-state index in [0.29, 0.717) is 26.2 Å². The molecule has 3 amide bonds. The lowest BCUT2D eigenvalue weighted by Crippen LogP contribution is -2.57. The molecule has 2 fully saturated rings. The largest absolute Gasteiger partial charge is 0.360 e. The maximum Gasteiger partial charge on any atom is 0.317 e. The Morgan fingerprint density at radius 2 is 1.67 bits per heavy atom. The van der Waals surface area contributed by atoms with E-state index in [9.17, 15) is 18.0 Å². The van der Waals surface area contributed by atoms with Crippen LogP contribution in [0.25, 0.3) is 0 Å². The maximum absolute atomic E-state index is 12.7. The van der Waals surface area contributed by atoms with Crippen LogP contribution in [0.4, 0.5) is 4.79 Å². The zero-order valence-corrected chi connectivity index (χ0v) is 18.6. The summed E-state index contributed by atoms with van der Waals surface area (Å²) >= 11 is 0. The Bertz CT molecular complexity index is 850. The molecule has 2 N–H and O–H groups in total. The van der Waals surface area contributed by atoms with E-state index in [-0.39, 0.29) is 34.3 Å². The molecule has 1 saturated heterocycles. The summed E-state index contributed by atoms with van der Waals surface area (Å²) in [5, 5.41) is 6.75. The van der Waals surface area contributed by atoms with Crippen LogP contribution in [0.1, 0.15) is 50.5 Å². The van der Waals surface area contributed by atoms with Crippen LogP contribution >= 0.6 is 0 Å². The monoisotopic (exact) mass is 441 g/mol. The lowest BCUT2D eigenvalue weighted by molar-refractivity contribution is -0.134. The van der Waals surface area contributed by atoms with Crippen molar-refractivity contribution >= 4 is 22.0 Å².